The van der Waals surface area contributed by atoms with Gasteiger partial charge in [-0.3, -0.25) is 4.90 Å². The molecule has 2 rings (SSSR count). The molecule has 0 saturated carbocycles. The SMILES string of the molecule is CC1CN(c2ccc(F)cc2F)CCN1CCN(C)C. The van der Waals surface area contributed by atoms with Crippen molar-refractivity contribution in [3.63, 3.8) is 0 Å². The first kappa shape index (κ1) is 15.2. The van der Waals surface area contributed by atoms with Crippen LogP contribution in [0.15, 0.2) is 18.2 Å². The monoisotopic (exact) mass is 283 g/mol. The zero-order valence-corrected chi connectivity index (χ0v) is 12.4. The molecule has 112 valence electrons. The highest BCUT2D eigenvalue weighted by molar-refractivity contribution is 5.48. The number of hydrogen-bond donors (Lipinski definition) is 0. The Balaban J connectivity index is 1.98. The zero-order valence-electron chi connectivity index (χ0n) is 12.4. The minimum Gasteiger partial charge on any atom is -0.366 e. The highest BCUT2D eigenvalue weighted by Gasteiger charge is 2.25. The van der Waals surface area contributed by atoms with Gasteiger partial charge in [0.15, 0.2) is 0 Å². The number of halogens is 2. The summed E-state index contributed by atoms with van der Waals surface area (Å²) in [6.07, 6.45) is 0. The highest BCUT2D eigenvalue weighted by atomic mass is 19.1. The third-order valence-electron chi connectivity index (χ3n) is 3.85. The second-order valence-electron chi connectivity index (χ2n) is 5.73. The summed E-state index contributed by atoms with van der Waals surface area (Å²) in [6.45, 7) is 6.66. The van der Waals surface area contributed by atoms with Crippen LogP contribution in [-0.2, 0) is 0 Å². The van der Waals surface area contributed by atoms with Crippen LogP contribution in [-0.4, -0.2) is 62.7 Å². The van der Waals surface area contributed by atoms with E-state index in [1.165, 1.54) is 12.1 Å². The van der Waals surface area contributed by atoms with E-state index in [9.17, 15) is 8.78 Å². The molecular weight excluding hydrogens is 260 g/mol. The van der Waals surface area contributed by atoms with Gasteiger partial charge in [-0.05, 0) is 33.2 Å². The standard InChI is InChI=1S/C15H23F2N3/c1-12-11-20(9-8-19(12)7-6-18(2)3)15-5-4-13(16)10-14(15)17/h4-5,10,12H,6-9,11H2,1-3H3. The van der Waals surface area contributed by atoms with Gasteiger partial charge in [-0.25, -0.2) is 8.78 Å². The fourth-order valence-electron chi connectivity index (χ4n) is 2.61. The van der Waals surface area contributed by atoms with Crippen LogP contribution in [0.2, 0.25) is 0 Å². The molecule has 0 spiro atoms. The van der Waals surface area contributed by atoms with E-state index in [0.29, 0.717) is 11.7 Å². The number of benzene rings is 1. The second kappa shape index (κ2) is 6.50. The van der Waals surface area contributed by atoms with Crippen molar-refractivity contribution >= 4 is 5.69 Å². The largest absolute Gasteiger partial charge is 0.366 e. The molecule has 1 fully saturated rings. The fourth-order valence-corrected chi connectivity index (χ4v) is 2.61. The first-order valence-corrected chi connectivity index (χ1v) is 7.06. The van der Waals surface area contributed by atoms with Crippen LogP contribution in [0.3, 0.4) is 0 Å². The van der Waals surface area contributed by atoms with Gasteiger partial charge in [0, 0.05) is 44.8 Å². The van der Waals surface area contributed by atoms with E-state index in [-0.39, 0.29) is 0 Å². The molecule has 1 unspecified atom stereocenters. The lowest BCUT2D eigenvalue weighted by Gasteiger charge is -2.41. The normalized spacial score (nSPS) is 20.7. The molecule has 1 aliphatic heterocycles. The number of likely N-dealkylation sites (N-methyl/N-ethyl adjacent to an activating group) is 1. The first-order valence-electron chi connectivity index (χ1n) is 7.06. The Hall–Kier alpha value is -1.20. The smallest absolute Gasteiger partial charge is 0.149 e. The van der Waals surface area contributed by atoms with Gasteiger partial charge in [-0.1, -0.05) is 0 Å². The van der Waals surface area contributed by atoms with Crippen molar-refractivity contribution in [3.05, 3.63) is 29.8 Å². The van der Waals surface area contributed by atoms with Crippen molar-refractivity contribution in [1.82, 2.24) is 9.80 Å². The number of nitrogens with zero attached hydrogens (tertiary/aromatic N) is 3. The van der Waals surface area contributed by atoms with Crippen molar-refractivity contribution in [2.75, 3.05) is 51.7 Å². The molecule has 0 aromatic heterocycles. The molecule has 0 radical (unpaired) electrons. The molecule has 1 saturated heterocycles. The summed E-state index contributed by atoms with van der Waals surface area (Å²) in [6, 6.07) is 4.18. The Morgan fingerprint density at radius 2 is 2.00 bits per heavy atom. The van der Waals surface area contributed by atoms with Crippen molar-refractivity contribution < 1.29 is 8.78 Å². The first-order chi connectivity index (χ1) is 9.47. The zero-order chi connectivity index (χ0) is 14.7. The molecular formula is C15H23F2N3. The summed E-state index contributed by atoms with van der Waals surface area (Å²) in [5, 5.41) is 0. The van der Waals surface area contributed by atoms with Gasteiger partial charge in [0.05, 0.1) is 5.69 Å². The quantitative estimate of drug-likeness (QED) is 0.837. The van der Waals surface area contributed by atoms with Crippen molar-refractivity contribution in [1.29, 1.82) is 0 Å². The molecule has 0 amide bonds. The van der Waals surface area contributed by atoms with E-state index in [1.807, 2.05) is 4.90 Å². The lowest BCUT2D eigenvalue weighted by Crippen LogP contribution is -2.53. The molecule has 0 aliphatic carbocycles. The summed E-state index contributed by atoms with van der Waals surface area (Å²) < 4.78 is 26.8. The Morgan fingerprint density at radius 1 is 1.25 bits per heavy atom. The van der Waals surface area contributed by atoms with Crippen LogP contribution in [0, 0.1) is 11.6 Å². The maximum atomic E-state index is 13.8. The summed E-state index contributed by atoms with van der Waals surface area (Å²) in [5.41, 5.74) is 0.505. The van der Waals surface area contributed by atoms with Crippen LogP contribution < -0.4 is 4.90 Å². The molecule has 1 heterocycles. The molecule has 3 nitrogen and oxygen atoms in total. The van der Waals surface area contributed by atoms with Crippen molar-refractivity contribution in [2.24, 2.45) is 0 Å². The Morgan fingerprint density at radius 3 is 2.60 bits per heavy atom. The van der Waals surface area contributed by atoms with Gasteiger partial charge in [0.25, 0.3) is 0 Å². The van der Waals surface area contributed by atoms with E-state index < -0.39 is 11.6 Å². The number of hydrogen-bond acceptors (Lipinski definition) is 3. The topological polar surface area (TPSA) is 9.72 Å². The van der Waals surface area contributed by atoms with Crippen molar-refractivity contribution in [2.45, 2.75) is 13.0 Å². The summed E-state index contributed by atoms with van der Waals surface area (Å²) in [5.74, 6) is -0.997. The average molecular weight is 283 g/mol. The highest BCUT2D eigenvalue weighted by Crippen LogP contribution is 2.23. The molecule has 20 heavy (non-hydrogen) atoms. The van der Waals surface area contributed by atoms with Gasteiger partial charge < -0.3 is 9.80 Å². The summed E-state index contributed by atoms with van der Waals surface area (Å²) >= 11 is 0. The fraction of sp³-hybridized carbons (Fsp3) is 0.600. The number of piperazine rings is 1. The van der Waals surface area contributed by atoms with Gasteiger partial charge >= 0.3 is 0 Å². The van der Waals surface area contributed by atoms with Crippen molar-refractivity contribution in [3.8, 4) is 0 Å². The molecule has 0 bridgehead atoms. The third-order valence-corrected chi connectivity index (χ3v) is 3.85. The molecule has 0 N–H and O–H groups in total. The minimum absolute atomic E-state index is 0.369. The predicted molar refractivity (Wildman–Crippen MR) is 78.2 cm³/mol. The Labute approximate surface area is 119 Å². The minimum atomic E-state index is -0.524. The average Bonchev–Trinajstić information content (AvgIpc) is 2.37. The number of rotatable bonds is 4. The Kier molecular flexibility index (Phi) is 4.94. The van der Waals surface area contributed by atoms with Gasteiger partial charge in [-0.15, -0.1) is 0 Å². The van der Waals surface area contributed by atoms with Crippen LogP contribution in [0.5, 0.6) is 0 Å². The van der Waals surface area contributed by atoms with Crippen LogP contribution in [0.25, 0.3) is 0 Å². The van der Waals surface area contributed by atoms with E-state index in [1.54, 1.807) is 0 Å². The third kappa shape index (κ3) is 3.67. The molecule has 1 aromatic carbocycles. The summed E-state index contributed by atoms with van der Waals surface area (Å²) in [4.78, 5) is 6.59. The Bertz CT molecular complexity index is 451. The van der Waals surface area contributed by atoms with Gasteiger partial charge in [0.2, 0.25) is 0 Å². The van der Waals surface area contributed by atoms with Crippen LogP contribution >= 0.6 is 0 Å². The van der Waals surface area contributed by atoms with Crippen LogP contribution in [0.1, 0.15) is 6.92 Å². The maximum Gasteiger partial charge on any atom is 0.149 e. The molecule has 1 atom stereocenters. The maximum absolute atomic E-state index is 13.8. The summed E-state index contributed by atoms with van der Waals surface area (Å²) in [7, 11) is 4.13. The van der Waals surface area contributed by atoms with E-state index in [4.69, 9.17) is 0 Å². The predicted octanol–water partition coefficient (Wildman–Crippen LogP) is 2.04. The number of anilines is 1. The van der Waals surface area contributed by atoms with E-state index in [2.05, 4.69) is 30.8 Å². The van der Waals surface area contributed by atoms with E-state index >= 15 is 0 Å². The lowest BCUT2D eigenvalue weighted by atomic mass is 10.1. The lowest BCUT2D eigenvalue weighted by molar-refractivity contribution is 0.172. The van der Waals surface area contributed by atoms with Gasteiger partial charge in [0.1, 0.15) is 11.6 Å². The van der Waals surface area contributed by atoms with Crippen LogP contribution in [0.4, 0.5) is 14.5 Å². The van der Waals surface area contributed by atoms with E-state index in [0.717, 1.165) is 38.8 Å². The molecule has 1 aliphatic rings. The molecule has 1 aromatic rings. The second-order valence-corrected chi connectivity index (χ2v) is 5.73. The molecule has 5 heteroatoms. The van der Waals surface area contributed by atoms with Gasteiger partial charge in [-0.2, -0.15) is 0 Å².